The smallest absolute Gasteiger partial charge is 0.251 e. The number of fused-ring (bicyclic) bond motifs is 1. The quantitative estimate of drug-likeness (QED) is 0.356. The Hall–Kier alpha value is -3.30. The van der Waals surface area contributed by atoms with Gasteiger partial charge in [0.15, 0.2) is 0 Å². The van der Waals surface area contributed by atoms with Crippen molar-refractivity contribution in [2.75, 3.05) is 33.9 Å². The van der Waals surface area contributed by atoms with Gasteiger partial charge in [0.2, 0.25) is 0 Å². The molecule has 1 aliphatic heterocycles. The standard InChI is InChI=1S/C28H37N5O4/c1-4-19(34)10-6-5-7-13-22(32-28(35)26-18-33(2)14-15-37-26)27-29-17-24(31-27)23-16-25(36-3)20-11-8-9-12-21(20)30-23/h8-9,11-12,16-17,22,26H,4-7,10,13-15,18H2,1-3H3,(H,29,31)(H,32,35)/t22-,26?/m0/s1. The van der Waals surface area contributed by atoms with Crippen LogP contribution in [0.4, 0.5) is 0 Å². The Kier molecular flexibility index (Phi) is 9.24. The van der Waals surface area contributed by atoms with Gasteiger partial charge in [0.25, 0.3) is 5.91 Å². The van der Waals surface area contributed by atoms with Gasteiger partial charge in [-0.15, -0.1) is 0 Å². The van der Waals surface area contributed by atoms with Gasteiger partial charge in [-0.1, -0.05) is 31.9 Å². The number of hydrogen-bond acceptors (Lipinski definition) is 7. The van der Waals surface area contributed by atoms with Gasteiger partial charge in [0, 0.05) is 37.4 Å². The Balaban J connectivity index is 1.51. The molecule has 0 bridgehead atoms. The van der Waals surface area contributed by atoms with Gasteiger partial charge >= 0.3 is 0 Å². The minimum absolute atomic E-state index is 0.138. The molecular formula is C28H37N5O4. The molecule has 1 unspecified atom stereocenters. The second-order valence-electron chi connectivity index (χ2n) is 9.58. The number of likely N-dealkylation sites (N-methyl/N-ethyl adjacent to an activating group) is 1. The number of carbonyl (C=O) groups excluding carboxylic acids is 2. The van der Waals surface area contributed by atoms with E-state index in [9.17, 15) is 9.59 Å². The molecule has 9 heteroatoms. The van der Waals surface area contributed by atoms with E-state index in [4.69, 9.17) is 14.5 Å². The van der Waals surface area contributed by atoms with Crippen molar-refractivity contribution in [3.63, 3.8) is 0 Å². The molecule has 37 heavy (non-hydrogen) atoms. The highest BCUT2D eigenvalue weighted by Crippen LogP contribution is 2.30. The number of aromatic amines is 1. The number of amides is 1. The minimum Gasteiger partial charge on any atom is -0.496 e. The molecule has 0 aliphatic carbocycles. The normalized spacial score (nSPS) is 17.0. The van der Waals surface area contributed by atoms with E-state index in [1.54, 1.807) is 13.3 Å². The number of aromatic nitrogens is 3. The van der Waals surface area contributed by atoms with Crippen molar-refractivity contribution in [1.29, 1.82) is 0 Å². The fourth-order valence-electron chi connectivity index (χ4n) is 4.60. The van der Waals surface area contributed by atoms with E-state index in [-0.39, 0.29) is 17.7 Å². The topological polar surface area (TPSA) is 109 Å². The zero-order chi connectivity index (χ0) is 26.2. The van der Waals surface area contributed by atoms with Crippen LogP contribution in [0.3, 0.4) is 0 Å². The van der Waals surface area contributed by atoms with Crippen LogP contribution in [0.15, 0.2) is 36.5 Å². The molecule has 1 aliphatic rings. The lowest BCUT2D eigenvalue weighted by Crippen LogP contribution is -2.49. The number of H-pyrrole nitrogens is 1. The molecule has 0 spiro atoms. The van der Waals surface area contributed by atoms with Gasteiger partial charge in [-0.2, -0.15) is 0 Å². The third-order valence-corrected chi connectivity index (χ3v) is 6.82. The molecule has 2 aromatic heterocycles. The van der Waals surface area contributed by atoms with E-state index < -0.39 is 6.10 Å². The van der Waals surface area contributed by atoms with Crippen molar-refractivity contribution in [1.82, 2.24) is 25.2 Å². The molecule has 198 valence electrons. The number of nitrogens with one attached hydrogen (secondary N) is 2. The summed E-state index contributed by atoms with van der Waals surface area (Å²) >= 11 is 0. The minimum atomic E-state index is -0.510. The number of pyridine rings is 1. The Morgan fingerprint density at radius 1 is 1.27 bits per heavy atom. The molecule has 1 amide bonds. The lowest BCUT2D eigenvalue weighted by atomic mass is 10.0. The third kappa shape index (κ3) is 6.93. The lowest BCUT2D eigenvalue weighted by molar-refractivity contribution is -0.138. The van der Waals surface area contributed by atoms with Crippen LogP contribution in [0.1, 0.15) is 57.3 Å². The first-order valence-corrected chi connectivity index (χ1v) is 13.1. The molecular weight excluding hydrogens is 470 g/mol. The molecule has 0 radical (unpaired) electrons. The average molecular weight is 508 g/mol. The maximum absolute atomic E-state index is 13.1. The van der Waals surface area contributed by atoms with Crippen molar-refractivity contribution in [2.45, 2.75) is 57.6 Å². The Labute approximate surface area is 218 Å². The number of unbranched alkanes of at least 4 members (excludes halogenated alkanes) is 2. The molecule has 4 rings (SSSR count). The first kappa shape index (κ1) is 26.8. The highest BCUT2D eigenvalue weighted by atomic mass is 16.5. The van der Waals surface area contributed by atoms with Gasteiger partial charge in [0.1, 0.15) is 23.5 Å². The summed E-state index contributed by atoms with van der Waals surface area (Å²) in [6.07, 6.45) is 5.76. The highest BCUT2D eigenvalue weighted by molar-refractivity contribution is 5.87. The van der Waals surface area contributed by atoms with Crippen LogP contribution in [0, 0.1) is 0 Å². The van der Waals surface area contributed by atoms with Crippen molar-refractivity contribution in [3.8, 4) is 17.1 Å². The number of carbonyl (C=O) groups is 2. The molecule has 2 N–H and O–H groups in total. The number of imidazole rings is 1. The summed E-state index contributed by atoms with van der Waals surface area (Å²) in [4.78, 5) is 39.6. The van der Waals surface area contributed by atoms with Gasteiger partial charge in [0.05, 0.1) is 42.9 Å². The fourth-order valence-corrected chi connectivity index (χ4v) is 4.60. The largest absolute Gasteiger partial charge is 0.496 e. The molecule has 3 aromatic rings. The predicted octanol–water partition coefficient (Wildman–Crippen LogP) is 4.05. The Morgan fingerprint density at radius 3 is 2.89 bits per heavy atom. The van der Waals surface area contributed by atoms with Crippen LogP contribution >= 0.6 is 0 Å². The van der Waals surface area contributed by atoms with Gasteiger partial charge < -0.3 is 24.7 Å². The van der Waals surface area contributed by atoms with Crippen molar-refractivity contribution in [2.24, 2.45) is 0 Å². The van der Waals surface area contributed by atoms with E-state index in [2.05, 4.69) is 20.2 Å². The summed E-state index contributed by atoms with van der Waals surface area (Å²) in [6, 6.07) is 9.42. The molecule has 1 fully saturated rings. The molecule has 2 atom stereocenters. The second-order valence-corrected chi connectivity index (χ2v) is 9.58. The van der Waals surface area contributed by atoms with Crippen LogP contribution in [0.2, 0.25) is 0 Å². The summed E-state index contributed by atoms with van der Waals surface area (Å²) in [6.45, 7) is 3.80. The Morgan fingerprint density at radius 2 is 2.11 bits per heavy atom. The zero-order valence-corrected chi connectivity index (χ0v) is 22.0. The van der Waals surface area contributed by atoms with E-state index in [1.165, 1.54) is 0 Å². The maximum Gasteiger partial charge on any atom is 0.251 e. The second kappa shape index (κ2) is 12.8. The first-order chi connectivity index (χ1) is 18.0. The fraction of sp³-hybridized carbons (Fsp3) is 0.500. The number of benzene rings is 1. The molecule has 0 saturated carbocycles. The SMILES string of the molecule is CCC(=O)CCCCC[C@H](NC(=O)C1CN(C)CCO1)c1ncc(-c2cc(OC)c3ccccc3n2)[nH]1. The Bertz CT molecular complexity index is 1210. The number of hydrogen-bond donors (Lipinski definition) is 2. The van der Waals surface area contributed by atoms with Crippen molar-refractivity contribution >= 4 is 22.6 Å². The predicted molar refractivity (Wildman–Crippen MR) is 142 cm³/mol. The van der Waals surface area contributed by atoms with Crippen LogP contribution in [0.5, 0.6) is 5.75 Å². The number of para-hydroxylation sites is 1. The average Bonchev–Trinajstić information content (AvgIpc) is 3.41. The highest BCUT2D eigenvalue weighted by Gasteiger charge is 2.28. The van der Waals surface area contributed by atoms with Gasteiger partial charge in [-0.25, -0.2) is 9.97 Å². The summed E-state index contributed by atoms with van der Waals surface area (Å²) in [5, 5.41) is 4.10. The van der Waals surface area contributed by atoms with Crippen molar-refractivity contribution < 1.29 is 19.1 Å². The number of ketones is 1. The lowest BCUT2D eigenvalue weighted by Gasteiger charge is -2.30. The number of Topliss-reactive ketones (excluding diaryl/α,β-unsaturated/α-hetero) is 1. The zero-order valence-electron chi connectivity index (χ0n) is 22.0. The van der Waals surface area contributed by atoms with E-state index in [0.717, 1.165) is 53.8 Å². The number of rotatable bonds is 12. The number of morpholine rings is 1. The molecule has 1 saturated heterocycles. The summed E-state index contributed by atoms with van der Waals surface area (Å²) in [5.41, 5.74) is 2.30. The maximum atomic E-state index is 13.1. The molecule has 3 heterocycles. The van der Waals surface area contributed by atoms with Gasteiger partial charge in [-0.05, 0) is 32.0 Å². The first-order valence-electron chi connectivity index (χ1n) is 13.1. The van der Waals surface area contributed by atoms with E-state index in [1.807, 2.05) is 44.3 Å². The van der Waals surface area contributed by atoms with Crippen LogP contribution in [-0.4, -0.2) is 71.5 Å². The van der Waals surface area contributed by atoms with Crippen LogP contribution in [0.25, 0.3) is 22.3 Å². The van der Waals surface area contributed by atoms with Crippen LogP contribution < -0.4 is 10.1 Å². The monoisotopic (exact) mass is 507 g/mol. The molecule has 9 nitrogen and oxygen atoms in total. The van der Waals surface area contributed by atoms with E-state index in [0.29, 0.717) is 38.2 Å². The van der Waals surface area contributed by atoms with Gasteiger partial charge in [-0.3, -0.25) is 9.59 Å². The summed E-state index contributed by atoms with van der Waals surface area (Å²) in [5.74, 6) is 1.56. The summed E-state index contributed by atoms with van der Waals surface area (Å²) in [7, 11) is 3.63. The van der Waals surface area contributed by atoms with Crippen LogP contribution in [-0.2, 0) is 14.3 Å². The molecule has 1 aromatic carbocycles. The third-order valence-electron chi connectivity index (χ3n) is 6.82. The van der Waals surface area contributed by atoms with Crippen molar-refractivity contribution in [3.05, 3.63) is 42.4 Å². The van der Waals surface area contributed by atoms with E-state index >= 15 is 0 Å². The number of nitrogens with zero attached hydrogens (tertiary/aromatic N) is 3. The summed E-state index contributed by atoms with van der Waals surface area (Å²) < 4.78 is 11.3. The number of methoxy groups -OCH3 is 1. The number of ether oxygens (including phenoxy) is 2.